The maximum absolute atomic E-state index is 12.1. The third-order valence-corrected chi connectivity index (χ3v) is 3.16. The van der Waals surface area contributed by atoms with E-state index >= 15 is 0 Å². The molecular weight excluding hydrogens is 264 g/mol. The quantitative estimate of drug-likeness (QED) is 0.742. The van der Waals surface area contributed by atoms with E-state index in [2.05, 4.69) is 4.98 Å². The van der Waals surface area contributed by atoms with E-state index in [1.54, 1.807) is 4.90 Å². The average molecular weight is 284 g/mol. The van der Waals surface area contributed by atoms with Crippen LogP contribution in [0.25, 0.3) is 0 Å². The van der Waals surface area contributed by atoms with Gasteiger partial charge >= 0.3 is 6.09 Å². The largest absolute Gasteiger partial charge is 0.444 e. The van der Waals surface area contributed by atoms with E-state index < -0.39 is 5.60 Å². The molecule has 2 rings (SSSR count). The van der Waals surface area contributed by atoms with Gasteiger partial charge in [0.2, 0.25) is 0 Å². The minimum Gasteiger partial charge on any atom is -0.444 e. The van der Waals surface area contributed by atoms with Gasteiger partial charge in [-0.1, -0.05) is 13.8 Å². The van der Waals surface area contributed by atoms with Crippen LogP contribution in [0, 0.1) is 4.84 Å². The number of H-pyrrole nitrogens is 1. The molecule has 1 aliphatic rings. The molecule has 0 aromatic carbocycles. The van der Waals surface area contributed by atoms with Gasteiger partial charge in [0.1, 0.15) is 11.4 Å². The number of aromatic amines is 1. The molecule has 0 atom stereocenters. The smallest absolute Gasteiger partial charge is 0.410 e. The normalized spacial score (nSPS) is 18.1. The van der Waals surface area contributed by atoms with Crippen LogP contribution >= 0.6 is 12.2 Å². The summed E-state index contributed by atoms with van der Waals surface area (Å²) in [5, 5.41) is 0. The van der Waals surface area contributed by atoms with Crippen LogP contribution in [0.3, 0.4) is 0 Å². The number of hydrogen-bond acceptors (Lipinski definition) is 4. The van der Waals surface area contributed by atoms with Crippen molar-refractivity contribution in [2.24, 2.45) is 0 Å². The molecule has 0 saturated heterocycles. The van der Waals surface area contributed by atoms with Crippen LogP contribution in [-0.4, -0.2) is 28.1 Å². The number of amides is 1. The van der Waals surface area contributed by atoms with Gasteiger partial charge in [0.15, 0.2) is 0 Å². The number of aromatic nitrogens is 1. The zero-order valence-electron chi connectivity index (χ0n) is 12.0. The first-order chi connectivity index (χ1) is 8.58. The number of carbonyl (C=O) groups is 1. The first-order valence-corrected chi connectivity index (χ1v) is 6.70. The predicted molar refractivity (Wildman–Crippen MR) is 73.6 cm³/mol. The van der Waals surface area contributed by atoms with Crippen LogP contribution in [0.5, 0.6) is 0 Å². The molecular formula is C13H20N2O3S. The van der Waals surface area contributed by atoms with E-state index in [0.717, 1.165) is 5.69 Å². The van der Waals surface area contributed by atoms with E-state index in [0.29, 0.717) is 23.7 Å². The number of nitrogens with one attached hydrogen (secondary N) is 1. The van der Waals surface area contributed by atoms with Gasteiger partial charge < -0.3 is 14.1 Å². The third kappa shape index (κ3) is 3.00. The van der Waals surface area contributed by atoms with E-state index in [1.165, 1.54) is 0 Å². The lowest BCUT2D eigenvalue weighted by molar-refractivity contribution is 0.0153. The number of hydrogen-bond donors (Lipinski definition) is 1. The van der Waals surface area contributed by atoms with Crippen LogP contribution in [0.15, 0.2) is 4.42 Å². The minimum atomic E-state index is -0.500. The zero-order valence-corrected chi connectivity index (χ0v) is 12.8. The standard InChI is InChI=1S/C13H20N2O3S/c1-12(2,3)18-11(16)15-6-8-9(13(4,5)7-15)14-10(19)17-8/h6-7H2,1-5H3,(H,14,19). The summed E-state index contributed by atoms with van der Waals surface area (Å²) in [6.07, 6.45) is -0.325. The second kappa shape index (κ2) is 4.37. The highest BCUT2D eigenvalue weighted by atomic mass is 32.1. The number of fused-ring (bicyclic) bond motifs is 1. The number of ether oxygens (including phenoxy) is 1. The third-order valence-electron chi connectivity index (χ3n) is 2.97. The molecule has 0 aliphatic carbocycles. The van der Waals surface area contributed by atoms with Crippen LogP contribution in [-0.2, 0) is 16.7 Å². The Morgan fingerprint density at radius 1 is 1.47 bits per heavy atom. The summed E-state index contributed by atoms with van der Waals surface area (Å²) in [6.45, 7) is 10.6. The summed E-state index contributed by atoms with van der Waals surface area (Å²) in [6, 6.07) is 0. The van der Waals surface area contributed by atoms with Crippen molar-refractivity contribution in [3.8, 4) is 0 Å². The Morgan fingerprint density at radius 2 is 2.11 bits per heavy atom. The highest BCUT2D eigenvalue weighted by Crippen LogP contribution is 2.33. The molecule has 1 N–H and O–H groups in total. The topological polar surface area (TPSA) is 58.5 Å². The summed E-state index contributed by atoms with van der Waals surface area (Å²) in [5.41, 5.74) is 0.239. The second-order valence-electron chi connectivity index (χ2n) is 6.53. The highest BCUT2D eigenvalue weighted by Gasteiger charge is 2.38. The summed E-state index contributed by atoms with van der Waals surface area (Å²) in [7, 11) is 0. The lowest BCUT2D eigenvalue weighted by Gasteiger charge is -2.37. The summed E-state index contributed by atoms with van der Waals surface area (Å²) < 4.78 is 10.9. The molecule has 0 radical (unpaired) electrons. The van der Waals surface area contributed by atoms with Gasteiger partial charge in [-0.25, -0.2) is 4.79 Å². The van der Waals surface area contributed by atoms with Crippen LogP contribution < -0.4 is 0 Å². The molecule has 0 unspecified atom stereocenters. The molecule has 0 spiro atoms. The maximum Gasteiger partial charge on any atom is 0.410 e. The van der Waals surface area contributed by atoms with E-state index in [4.69, 9.17) is 21.4 Å². The van der Waals surface area contributed by atoms with Gasteiger partial charge in [0, 0.05) is 12.0 Å². The Hall–Kier alpha value is -1.30. The van der Waals surface area contributed by atoms with Crippen LogP contribution in [0.2, 0.25) is 0 Å². The first-order valence-electron chi connectivity index (χ1n) is 6.29. The summed E-state index contributed by atoms with van der Waals surface area (Å²) >= 11 is 5.02. The molecule has 0 bridgehead atoms. The molecule has 1 aromatic rings. The van der Waals surface area contributed by atoms with Gasteiger partial charge in [-0.2, -0.15) is 0 Å². The SMILES string of the molecule is CC(C)(C)OC(=O)N1Cc2oc(=S)[nH]c2C(C)(C)C1. The molecule has 0 saturated carbocycles. The van der Waals surface area contributed by atoms with Crippen LogP contribution in [0.1, 0.15) is 46.1 Å². The van der Waals surface area contributed by atoms with Crippen molar-refractivity contribution >= 4 is 18.3 Å². The minimum absolute atomic E-state index is 0.231. The molecule has 2 heterocycles. The number of oxazole rings is 1. The zero-order chi connectivity index (χ0) is 14.4. The molecule has 1 aromatic heterocycles. The van der Waals surface area contributed by atoms with Gasteiger partial charge in [0.05, 0.1) is 12.2 Å². The van der Waals surface area contributed by atoms with Crippen molar-refractivity contribution in [1.29, 1.82) is 0 Å². The highest BCUT2D eigenvalue weighted by molar-refractivity contribution is 7.71. The molecule has 6 heteroatoms. The van der Waals surface area contributed by atoms with E-state index in [1.807, 2.05) is 34.6 Å². The van der Waals surface area contributed by atoms with Crippen molar-refractivity contribution in [3.63, 3.8) is 0 Å². The monoisotopic (exact) mass is 284 g/mol. The Labute approximate surface area is 117 Å². The fourth-order valence-corrected chi connectivity index (χ4v) is 2.46. The Bertz CT molecular complexity index is 551. The number of rotatable bonds is 0. The molecule has 1 aliphatic heterocycles. The lowest BCUT2D eigenvalue weighted by atomic mass is 9.85. The fourth-order valence-electron chi connectivity index (χ4n) is 2.26. The summed E-state index contributed by atoms with van der Waals surface area (Å²) in [4.78, 5) is 17.2. The average Bonchev–Trinajstić information content (AvgIpc) is 2.56. The molecule has 1 amide bonds. The van der Waals surface area contributed by atoms with E-state index in [-0.39, 0.29) is 11.5 Å². The Morgan fingerprint density at radius 3 is 2.68 bits per heavy atom. The van der Waals surface area contributed by atoms with Gasteiger partial charge in [-0.3, -0.25) is 4.90 Å². The van der Waals surface area contributed by atoms with Crippen molar-refractivity contribution in [2.45, 2.75) is 52.2 Å². The van der Waals surface area contributed by atoms with Gasteiger partial charge in [-0.15, -0.1) is 0 Å². The lowest BCUT2D eigenvalue weighted by Crippen LogP contribution is -2.46. The number of nitrogens with zero attached hydrogens (tertiary/aromatic N) is 1. The van der Waals surface area contributed by atoms with Crippen molar-refractivity contribution in [1.82, 2.24) is 9.88 Å². The Kier molecular flexibility index (Phi) is 3.24. The Balaban J connectivity index is 2.25. The predicted octanol–water partition coefficient (Wildman–Crippen LogP) is 3.37. The molecule has 106 valence electrons. The van der Waals surface area contributed by atoms with Crippen LogP contribution in [0.4, 0.5) is 4.79 Å². The maximum atomic E-state index is 12.1. The first kappa shape index (κ1) is 14.1. The van der Waals surface area contributed by atoms with Gasteiger partial charge in [-0.05, 0) is 33.0 Å². The van der Waals surface area contributed by atoms with Crippen molar-refractivity contribution in [2.75, 3.05) is 6.54 Å². The molecule has 0 fully saturated rings. The van der Waals surface area contributed by atoms with E-state index in [9.17, 15) is 4.79 Å². The summed E-state index contributed by atoms with van der Waals surface area (Å²) in [5.74, 6) is 0.715. The molecule has 5 nitrogen and oxygen atoms in total. The van der Waals surface area contributed by atoms with Crippen molar-refractivity contribution < 1.29 is 13.9 Å². The number of carbonyl (C=O) groups excluding carboxylic acids is 1. The van der Waals surface area contributed by atoms with Crippen molar-refractivity contribution in [3.05, 3.63) is 16.3 Å². The second-order valence-corrected chi connectivity index (χ2v) is 6.90. The fraction of sp³-hybridized carbons (Fsp3) is 0.692. The van der Waals surface area contributed by atoms with Gasteiger partial charge in [0.25, 0.3) is 4.84 Å². The molecule has 19 heavy (non-hydrogen) atoms.